The van der Waals surface area contributed by atoms with Gasteiger partial charge in [-0.15, -0.1) is 11.3 Å². The minimum absolute atomic E-state index is 0.795. The lowest BCUT2D eigenvalue weighted by Gasteiger charge is -2.03. The first kappa shape index (κ1) is 36.8. The molecule has 0 aliphatic heterocycles. The number of nitrogen functional groups attached to an aromatic ring is 1. The van der Waals surface area contributed by atoms with Crippen LogP contribution in [0, 0.1) is 0 Å². The fourth-order valence-corrected chi connectivity index (χ4v) is 8.02. The molecule has 0 atom stereocenters. The smallest absolute Gasteiger partial charge is 0.0654 e. The SMILES string of the molecule is Nc1ccc(-c2ccc3[nH]c4c5ccccc5sc4c3c2)cc1.c1ccc(-c2ccc3ccccc3c2)cc1.c1ccc(-c2ccccc2)cc1.c1ccccc1. The van der Waals surface area contributed by atoms with Crippen molar-refractivity contribution in [1.82, 2.24) is 4.98 Å². The number of thiophene rings is 1. The number of nitrogens with two attached hydrogens (primary N) is 1. The van der Waals surface area contributed by atoms with Crippen LogP contribution >= 0.6 is 11.3 Å². The Morgan fingerprint density at radius 2 is 0.772 bits per heavy atom. The first-order valence-corrected chi connectivity index (χ1v) is 19.9. The molecule has 274 valence electrons. The quantitative estimate of drug-likeness (QED) is 0.174. The minimum Gasteiger partial charge on any atom is -0.399 e. The van der Waals surface area contributed by atoms with E-state index >= 15 is 0 Å². The zero-order valence-electron chi connectivity index (χ0n) is 31.5. The fraction of sp³-hybridized carbons (Fsp3) is 0. The molecule has 11 rings (SSSR count). The van der Waals surface area contributed by atoms with Crippen molar-refractivity contribution in [1.29, 1.82) is 0 Å². The zero-order valence-corrected chi connectivity index (χ0v) is 32.3. The van der Waals surface area contributed by atoms with Gasteiger partial charge in [0, 0.05) is 26.7 Å². The van der Waals surface area contributed by atoms with Crippen molar-refractivity contribution in [3.05, 3.63) is 237 Å². The Morgan fingerprint density at radius 3 is 1.39 bits per heavy atom. The van der Waals surface area contributed by atoms with Gasteiger partial charge in [0.2, 0.25) is 0 Å². The summed E-state index contributed by atoms with van der Waals surface area (Å²) in [6.07, 6.45) is 0. The van der Waals surface area contributed by atoms with E-state index in [1.165, 1.54) is 75.4 Å². The Labute approximate surface area is 338 Å². The first-order chi connectivity index (χ1) is 28.2. The molecule has 9 aromatic carbocycles. The second-order valence-electron chi connectivity index (χ2n) is 13.6. The van der Waals surface area contributed by atoms with Gasteiger partial charge in [0.1, 0.15) is 0 Å². The van der Waals surface area contributed by atoms with E-state index in [4.69, 9.17) is 5.73 Å². The predicted octanol–water partition coefficient (Wildman–Crippen LogP) is 15.3. The van der Waals surface area contributed by atoms with Crippen molar-refractivity contribution in [2.75, 3.05) is 5.73 Å². The highest BCUT2D eigenvalue weighted by Gasteiger charge is 2.12. The number of aromatic amines is 1. The third-order valence-corrected chi connectivity index (χ3v) is 11.0. The summed E-state index contributed by atoms with van der Waals surface area (Å²) in [5.41, 5.74) is 16.5. The summed E-state index contributed by atoms with van der Waals surface area (Å²) < 4.78 is 2.66. The monoisotopic (exact) mass is 750 g/mol. The van der Waals surface area contributed by atoms with Crippen LogP contribution in [0.1, 0.15) is 0 Å². The molecule has 0 bridgehead atoms. The molecule has 0 unspecified atom stereocenters. The first-order valence-electron chi connectivity index (χ1n) is 19.1. The molecule has 0 saturated carbocycles. The second kappa shape index (κ2) is 18.0. The van der Waals surface area contributed by atoms with Crippen molar-refractivity contribution < 1.29 is 0 Å². The number of hydrogen-bond donors (Lipinski definition) is 2. The van der Waals surface area contributed by atoms with Gasteiger partial charge in [0.25, 0.3) is 0 Å². The molecule has 0 fully saturated rings. The number of nitrogens with one attached hydrogen (secondary N) is 1. The molecule has 2 heterocycles. The highest BCUT2D eigenvalue weighted by molar-refractivity contribution is 7.26. The Bertz CT molecular complexity index is 2870. The van der Waals surface area contributed by atoms with E-state index in [2.05, 4.69) is 175 Å². The van der Waals surface area contributed by atoms with E-state index in [9.17, 15) is 0 Å². The Morgan fingerprint density at radius 1 is 0.333 bits per heavy atom. The van der Waals surface area contributed by atoms with E-state index < -0.39 is 0 Å². The maximum atomic E-state index is 5.79. The lowest BCUT2D eigenvalue weighted by Crippen LogP contribution is -1.83. The van der Waals surface area contributed by atoms with Crippen LogP contribution in [-0.2, 0) is 0 Å². The summed E-state index contributed by atoms with van der Waals surface area (Å²) in [6, 6.07) is 81.5. The van der Waals surface area contributed by atoms with Gasteiger partial charge in [0.05, 0.1) is 10.2 Å². The van der Waals surface area contributed by atoms with Crippen LogP contribution in [0.5, 0.6) is 0 Å². The molecule has 57 heavy (non-hydrogen) atoms. The third kappa shape index (κ3) is 9.03. The van der Waals surface area contributed by atoms with Crippen LogP contribution in [0.25, 0.3) is 75.4 Å². The van der Waals surface area contributed by atoms with Crippen LogP contribution in [0.3, 0.4) is 0 Å². The standard InChI is InChI=1S/C20H14N2S.C16H12.C12H10.C6H6/c21-14-8-5-12(6-9-14)13-7-10-17-16(11-13)20-19(22-17)15-3-1-2-4-18(15)23-20;1-2-6-13(7-3-1)16-11-10-14-8-4-5-9-15(14)12-16;1-3-7-11(8-4-1)12-9-5-2-6-10-12;1-2-4-6-5-3-1/h1-11,22H,21H2;1-12H;1-10H;1-6H. The van der Waals surface area contributed by atoms with Gasteiger partial charge in [-0.1, -0.05) is 200 Å². The highest BCUT2D eigenvalue weighted by Crippen LogP contribution is 2.39. The van der Waals surface area contributed by atoms with E-state index in [1.807, 2.05) is 78.1 Å². The summed E-state index contributed by atoms with van der Waals surface area (Å²) in [5, 5.41) is 5.18. The number of rotatable bonds is 3. The molecule has 0 aliphatic carbocycles. The molecule has 0 spiro atoms. The minimum atomic E-state index is 0.795. The fourth-order valence-electron chi connectivity index (χ4n) is 6.84. The third-order valence-electron chi connectivity index (χ3n) is 9.77. The average Bonchev–Trinajstić information content (AvgIpc) is 3.85. The number of fused-ring (bicyclic) bond motifs is 6. The summed E-state index contributed by atoms with van der Waals surface area (Å²) >= 11 is 1.85. The van der Waals surface area contributed by atoms with Gasteiger partial charge in [-0.2, -0.15) is 0 Å². The van der Waals surface area contributed by atoms with E-state index in [1.54, 1.807) is 0 Å². The number of aromatic nitrogens is 1. The average molecular weight is 751 g/mol. The molecular weight excluding hydrogens is 709 g/mol. The molecule has 0 aliphatic rings. The molecule has 0 amide bonds. The Balaban J connectivity index is 0.000000117. The Hall–Kier alpha value is -7.20. The van der Waals surface area contributed by atoms with Crippen molar-refractivity contribution >= 4 is 59.0 Å². The normalized spacial score (nSPS) is 10.5. The molecule has 0 saturated heterocycles. The molecule has 2 nitrogen and oxygen atoms in total. The Kier molecular flexibility index (Phi) is 11.6. The summed E-state index contributed by atoms with van der Waals surface area (Å²) in [4.78, 5) is 3.58. The summed E-state index contributed by atoms with van der Waals surface area (Å²) in [7, 11) is 0. The van der Waals surface area contributed by atoms with Crippen molar-refractivity contribution in [3.63, 3.8) is 0 Å². The lowest BCUT2D eigenvalue weighted by atomic mass is 10.0. The summed E-state index contributed by atoms with van der Waals surface area (Å²) in [6.45, 7) is 0. The van der Waals surface area contributed by atoms with Crippen LogP contribution in [0.15, 0.2) is 237 Å². The molecule has 3 N–H and O–H groups in total. The topological polar surface area (TPSA) is 41.8 Å². The van der Waals surface area contributed by atoms with Gasteiger partial charge in [-0.25, -0.2) is 0 Å². The number of H-pyrrole nitrogens is 1. The second-order valence-corrected chi connectivity index (χ2v) is 14.7. The van der Waals surface area contributed by atoms with Gasteiger partial charge in [-0.3, -0.25) is 0 Å². The number of benzene rings is 9. The molecule has 0 radical (unpaired) electrons. The zero-order chi connectivity index (χ0) is 38.7. The van der Waals surface area contributed by atoms with Gasteiger partial charge >= 0.3 is 0 Å². The summed E-state index contributed by atoms with van der Waals surface area (Å²) in [5.74, 6) is 0. The molecular formula is C54H42N2S. The lowest BCUT2D eigenvalue weighted by molar-refractivity contribution is 1.56. The van der Waals surface area contributed by atoms with Crippen LogP contribution < -0.4 is 5.73 Å². The van der Waals surface area contributed by atoms with E-state index in [0.717, 1.165) is 5.69 Å². The molecule has 3 heteroatoms. The number of hydrogen-bond acceptors (Lipinski definition) is 2. The molecule has 11 aromatic rings. The number of anilines is 1. The van der Waals surface area contributed by atoms with Gasteiger partial charge in [-0.05, 0) is 80.6 Å². The van der Waals surface area contributed by atoms with E-state index in [-0.39, 0.29) is 0 Å². The maximum absolute atomic E-state index is 5.79. The largest absolute Gasteiger partial charge is 0.399 e. The molecule has 2 aromatic heterocycles. The van der Waals surface area contributed by atoms with Crippen molar-refractivity contribution in [3.8, 4) is 33.4 Å². The van der Waals surface area contributed by atoms with Crippen LogP contribution in [-0.4, -0.2) is 4.98 Å². The van der Waals surface area contributed by atoms with Gasteiger partial charge < -0.3 is 10.7 Å². The van der Waals surface area contributed by atoms with Gasteiger partial charge in [0.15, 0.2) is 0 Å². The predicted molar refractivity (Wildman–Crippen MR) is 249 cm³/mol. The van der Waals surface area contributed by atoms with Crippen molar-refractivity contribution in [2.24, 2.45) is 0 Å². The van der Waals surface area contributed by atoms with Crippen LogP contribution in [0.2, 0.25) is 0 Å². The highest BCUT2D eigenvalue weighted by atomic mass is 32.1. The van der Waals surface area contributed by atoms with Crippen LogP contribution in [0.4, 0.5) is 5.69 Å². The van der Waals surface area contributed by atoms with Crippen molar-refractivity contribution in [2.45, 2.75) is 0 Å². The maximum Gasteiger partial charge on any atom is 0.0654 e. The van der Waals surface area contributed by atoms with E-state index in [0.29, 0.717) is 0 Å².